The Balaban J connectivity index is 2.68. The molecule has 0 fully saturated rings. The fourth-order valence-corrected chi connectivity index (χ4v) is 3.57. The maximum Gasteiger partial charge on any atom is 0.240 e. The molecule has 0 aliphatic heterocycles. The van der Waals surface area contributed by atoms with E-state index >= 15 is 0 Å². The van der Waals surface area contributed by atoms with Gasteiger partial charge in [-0.25, -0.2) is 17.5 Å². The zero-order valence-corrected chi connectivity index (χ0v) is 14.3. The molecule has 0 bridgehead atoms. The van der Waals surface area contributed by atoms with Crippen LogP contribution in [0.5, 0.6) is 0 Å². The number of rotatable bonds is 9. The van der Waals surface area contributed by atoms with E-state index < -0.39 is 15.8 Å². The summed E-state index contributed by atoms with van der Waals surface area (Å²) in [5.41, 5.74) is 5.71. The first-order valence-corrected chi connectivity index (χ1v) is 9.84. The van der Waals surface area contributed by atoms with Gasteiger partial charge in [-0.3, -0.25) is 0 Å². The fourth-order valence-electron chi connectivity index (χ4n) is 1.76. The molecule has 0 aliphatic carbocycles. The van der Waals surface area contributed by atoms with Crippen LogP contribution in [0.25, 0.3) is 0 Å². The van der Waals surface area contributed by atoms with E-state index in [2.05, 4.69) is 4.72 Å². The highest BCUT2D eigenvalue weighted by molar-refractivity contribution is 7.98. The summed E-state index contributed by atoms with van der Waals surface area (Å²) in [4.78, 5) is -0.144. The van der Waals surface area contributed by atoms with Gasteiger partial charge in [0.25, 0.3) is 0 Å². The van der Waals surface area contributed by atoms with Gasteiger partial charge in [0.1, 0.15) is 5.82 Å². The highest BCUT2D eigenvalue weighted by atomic mass is 35.5. The van der Waals surface area contributed by atoms with Crippen molar-refractivity contribution in [2.24, 2.45) is 5.73 Å². The van der Waals surface area contributed by atoms with Crippen LogP contribution in [0.3, 0.4) is 0 Å². The molecule has 0 spiro atoms. The van der Waals surface area contributed by atoms with Crippen molar-refractivity contribution in [2.75, 3.05) is 18.6 Å². The number of nitrogens with two attached hydrogens (primary N) is 1. The molecule has 0 aromatic heterocycles. The van der Waals surface area contributed by atoms with Crippen molar-refractivity contribution >= 4 is 33.4 Å². The lowest BCUT2D eigenvalue weighted by atomic mass is 10.2. The topological polar surface area (TPSA) is 72.2 Å². The third kappa shape index (κ3) is 5.75. The van der Waals surface area contributed by atoms with Gasteiger partial charge in [0, 0.05) is 13.1 Å². The van der Waals surface area contributed by atoms with Crippen molar-refractivity contribution in [3.05, 3.63) is 28.5 Å². The highest BCUT2D eigenvalue weighted by Gasteiger charge is 2.18. The Hall–Kier alpha value is -0.340. The first kappa shape index (κ1) is 18.7. The fraction of sp³-hybridized carbons (Fsp3) is 0.538. The Morgan fingerprint density at radius 2 is 2.05 bits per heavy atom. The van der Waals surface area contributed by atoms with E-state index in [9.17, 15) is 12.8 Å². The van der Waals surface area contributed by atoms with Crippen molar-refractivity contribution in [2.45, 2.75) is 30.7 Å². The summed E-state index contributed by atoms with van der Waals surface area (Å²) in [5, 5.41) is -0.131. The van der Waals surface area contributed by atoms with Gasteiger partial charge >= 0.3 is 0 Å². The summed E-state index contributed by atoms with van der Waals surface area (Å²) in [6.07, 6.45) is 4.79. The predicted molar refractivity (Wildman–Crippen MR) is 86.7 cm³/mol. The van der Waals surface area contributed by atoms with Crippen molar-refractivity contribution in [1.29, 1.82) is 0 Å². The molecule has 0 amide bonds. The molecule has 8 heteroatoms. The van der Waals surface area contributed by atoms with Crippen molar-refractivity contribution in [1.82, 2.24) is 4.72 Å². The molecule has 4 nitrogen and oxygen atoms in total. The van der Waals surface area contributed by atoms with E-state index in [4.69, 9.17) is 17.3 Å². The van der Waals surface area contributed by atoms with Crippen LogP contribution in [0.15, 0.2) is 17.0 Å². The van der Waals surface area contributed by atoms with Gasteiger partial charge in [-0.15, -0.1) is 0 Å². The van der Waals surface area contributed by atoms with Gasteiger partial charge in [-0.2, -0.15) is 11.8 Å². The van der Waals surface area contributed by atoms with Crippen molar-refractivity contribution in [3.8, 4) is 0 Å². The van der Waals surface area contributed by atoms with Gasteiger partial charge in [0.15, 0.2) is 0 Å². The number of thioether (sulfide) groups is 1. The second-order valence-electron chi connectivity index (χ2n) is 4.53. The van der Waals surface area contributed by atoms with Crippen LogP contribution in [0.1, 0.15) is 24.8 Å². The zero-order valence-electron chi connectivity index (χ0n) is 11.9. The molecule has 1 aromatic rings. The molecule has 0 heterocycles. The molecule has 21 heavy (non-hydrogen) atoms. The second-order valence-corrected chi connectivity index (χ2v) is 7.66. The normalized spacial score (nSPS) is 11.8. The monoisotopic (exact) mass is 354 g/mol. The van der Waals surface area contributed by atoms with E-state index in [1.165, 1.54) is 6.07 Å². The number of hydrogen-bond acceptors (Lipinski definition) is 4. The average molecular weight is 355 g/mol. The van der Waals surface area contributed by atoms with Gasteiger partial charge in [-0.05, 0) is 42.5 Å². The van der Waals surface area contributed by atoms with E-state index in [1.807, 2.05) is 6.26 Å². The lowest BCUT2D eigenvalue weighted by Gasteiger charge is -2.10. The summed E-state index contributed by atoms with van der Waals surface area (Å²) in [6.45, 7) is 0.312. The van der Waals surface area contributed by atoms with E-state index in [-0.39, 0.29) is 22.0 Å². The molecule has 0 atom stereocenters. The first-order valence-electron chi connectivity index (χ1n) is 6.59. The summed E-state index contributed by atoms with van der Waals surface area (Å²) in [7, 11) is -3.73. The summed E-state index contributed by atoms with van der Waals surface area (Å²) >= 11 is 7.48. The van der Waals surface area contributed by atoms with E-state index in [0.717, 1.165) is 31.1 Å². The van der Waals surface area contributed by atoms with Crippen LogP contribution in [0.2, 0.25) is 5.02 Å². The Bertz CT molecular complexity index is 568. The number of nitrogens with one attached hydrogen (secondary N) is 1. The minimum atomic E-state index is -3.73. The SMILES string of the molecule is CSCCCCCNS(=O)(=O)c1cc(F)c(Cl)c(CN)c1. The molecule has 0 saturated heterocycles. The van der Waals surface area contributed by atoms with Gasteiger partial charge in [0.2, 0.25) is 10.0 Å². The van der Waals surface area contributed by atoms with Crippen molar-refractivity contribution in [3.63, 3.8) is 0 Å². The summed E-state index contributed by atoms with van der Waals surface area (Å²) in [5.74, 6) is 0.287. The van der Waals surface area contributed by atoms with Crippen LogP contribution in [-0.4, -0.2) is 27.0 Å². The molecule has 0 saturated carbocycles. The smallest absolute Gasteiger partial charge is 0.240 e. The second kappa shape index (κ2) is 8.95. The molecular formula is C13H20ClFN2O2S2. The number of halogens is 2. The molecule has 1 aromatic carbocycles. The predicted octanol–water partition coefficient (Wildman–Crippen LogP) is 2.75. The van der Waals surface area contributed by atoms with Gasteiger partial charge < -0.3 is 5.73 Å². The Morgan fingerprint density at radius 1 is 1.33 bits per heavy atom. The molecule has 0 aliphatic rings. The molecule has 1 rings (SSSR count). The Morgan fingerprint density at radius 3 is 2.67 bits per heavy atom. The molecule has 0 unspecified atom stereocenters. The van der Waals surface area contributed by atoms with Crippen LogP contribution < -0.4 is 10.5 Å². The summed E-state index contributed by atoms with van der Waals surface area (Å²) in [6, 6.07) is 2.22. The molecule has 0 radical (unpaired) electrons. The molecular weight excluding hydrogens is 335 g/mol. The maximum absolute atomic E-state index is 13.6. The van der Waals surface area contributed by atoms with E-state index in [1.54, 1.807) is 11.8 Å². The van der Waals surface area contributed by atoms with Gasteiger partial charge in [-0.1, -0.05) is 18.0 Å². The summed E-state index contributed by atoms with van der Waals surface area (Å²) < 4.78 is 40.2. The largest absolute Gasteiger partial charge is 0.326 e. The number of benzene rings is 1. The van der Waals surface area contributed by atoms with Crippen LogP contribution >= 0.6 is 23.4 Å². The van der Waals surface area contributed by atoms with E-state index in [0.29, 0.717) is 6.54 Å². The number of sulfonamides is 1. The Labute approximate surface area is 134 Å². The average Bonchev–Trinajstić information content (AvgIpc) is 2.45. The maximum atomic E-state index is 13.6. The third-order valence-electron chi connectivity index (χ3n) is 2.92. The van der Waals surface area contributed by atoms with Gasteiger partial charge in [0.05, 0.1) is 9.92 Å². The quantitative estimate of drug-likeness (QED) is 0.669. The van der Waals surface area contributed by atoms with Crippen molar-refractivity contribution < 1.29 is 12.8 Å². The van der Waals surface area contributed by atoms with Crippen LogP contribution in [-0.2, 0) is 16.6 Å². The minimum absolute atomic E-state index is 0.0200. The number of hydrogen-bond donors (Lipinski definition) is 2. The molecule has 120 valence electrons. The van der Waals surface area contributed by atoms with Crippen LogP contribution in [0, 0.1) is 5.82 Å². The highest BCUT2D eigenvalue weighted by Crippen LogP contribution is 2.24. The van der Waals surface area contributed by atoms with Crippen LogP contribution in [0.4, 0.5) is 4.39 Å². The lowest BCUT2D eigenvalue weighted by molar-refractivity contribution is 0.572. The lowest BCUT2D eigenvalue weighted by Crippen LogP contribution is -2.25. The third-order valence-corrected chi connectivity index (χ3v) is 5.49. The Kier molecular flexibility index (Phi) is 7.97. The minimum Gasteiger partial charge on any atom is -0.326 e. The zero-order chi connectivity index (χ0) is 15.9. The number of unbranched alkanes of at least 4 members (excludes halogenated alkanes) is 2. The molecule has 3 N–H and O–H groups in total. The first-order chi connectivity index (χ1) is 9.92. The standard InChI is InChI=1S/C13H20ClFN2O2S2/c1-20-6-4-2-3-5-17-21(18,19)11-7-10(9-16)13(14)12(15)8-11/h7-8,17H,2-6,9,16H2,1H3.